The van der Waals surface area contributed by atoms with Crippen molar-refractivity contribution in [1.82, 2.24) is 10.5 Å². The van der Waals surface area contributed by atoms with E-state index < -0.39 is 5.97 Å². The van der Waals surface area contributed by atoms with Gasteiger partial charge in [0, 0.05) is 12.6 Å². The number of carbonyl (C=O) groups excluding carboxylic acids is 1. The third-order valence-corrected chi connectivity index (χ3v) is 1.69. The van der Waals surface area contributed by atoms with Crippen LogP contribution in [0.2, 0.25) is 0 Å². The number of carbonyl (C=O) groups is 2. The van der Waals surface area contributed by atoms with Gasteiger partial charge in [0.05, 0.1) is 18.7 Å². The van der Waals surface area contributed by atoms with Crippen LogP contribution in [0.3, 0.4) is 0 Å². The molecule has 1 amide bonds. The number of amides is 1. The van der Waals surface area contributed by atoms with Crippen molar-refractivity contribution in [2.24, 2.45) is 0 Å². The molecule has 0 aliphatic rings. The standard InChI is InChI=1S/C9H13N3O4/c1-6-4-8(16-12-6)11-7(13)5-10-3-2-9(14)15/h4,10H,2-3,5H2,1H3,(H,11,13)(H,14,15). The summed E-state index contributed by atoms with van der Waals surface area (Å²) in [4.78, 5) is 21.4. The topological polar surface area (TPSA) is 104 Å². The number of aryl methyl sites for hydroxylation is 1. The van der Waals surface area contributed by atoms with E-state index in [4.69, 9.17) is 9.63 Å². The molecule has 0 aliphatic heterocycles. The maximum Gasteiger partial charge on any atom is 0.304 e. The van der Waals surface area contributed by atoms with E-state index in [1.807, 2.05) is 0 Å². The van der Waals surface area contributed by atoms with Gasteiger partial charge in [-0.1, -0.05) is 5.16 Å². The molecule has 1 aromatic heterocycles. The molecule has 0 atom stereocenters. The van der Waals surface area contributed by atoms with E-state index in [1.54, 1.807) is 13.0 Å². The Balaban J connectivity index is 2.18. The molecule has 88 valence electrons. The molecule has 3 N–H and O–H groups in total. The highest BCUT2D eigenvalue weighted by molar-refractivity contribution is 5.90. The summed E-state index contributed by atoms with van der Waals surface area (Å²) < 4.78 is 4.78. The minimum absolute atomic E-state index is 0.0192. The third-order valence-electron chi connectivity index (χ3n) is 1.69. The molecule has 0 spiro atoms. The number of rotatable bonds is 6. The molecule has 1 rings (SSSR count). The molecule has 16 heavy (non-hydrogen) atoms. The molecule has 0 unspecified atom stereocenters. The van der Waals surface area contributed by atoms with Gasteiger partial charge in [0.1, 0.15) is 0 Å². The Morgan fingerprint density at radius 3 is 2.88 bits per heavy atom. The van der Waals surface area contributed by atoms with Crippen LogP contribution in [0.5, 0.6) is 0 Å². The molecule has 0 fully saturated rings. The molecule has 1 aromatic rings. The lowest BCUT2D eigenvalue weighted by Gasteiger charge is -2.02. The monoisotopic (exact) mass is 227 g/mol. The van der Waals surface area contributed by atoms with Gasteiger partial charge in [-0.3, -0.25) is 14.9 Å². The molecule has 1 heterocycles. The zero-order chi connectivity index (χ0) is 12.0. The highest BCUT2D eigenvalue weighted by atomic mass is 16.5. The summed E-state index contributed by atoms with van der Waals surface area (Å²) >= 11 is 0. The number of nitrogens with zero attached hydrogens (tertiary/aromatic N) is 1. The van der Waals surface area contributed by atoms with Crippen LogP contribution in [-0.2, 0) is 9.59 Å². The number of anilines is 1. The second kappa shape index (κ2) is 5.86. The first-order valence-electron chi connectivity index (χ1n) is 4.73. The second-order valence-corrected chi connectivity index (χ2v) is 3.20. The number of aliphatic carboxylic acids is 1. The molecular weight excluding hydrogens is 214 g/mol. The fraction of sp³-hybridized carbons (Fsp3) is 0.444. The molecule has 0 bridgehead atoms. The quantitative estimate of drug-likeness (QED) is 0.590. The maximum absolute atomic E-state index is 11.3. The van der Waals surface area contributed by atoms with Gasteiger partial charge in [-0.05, 0) is 6.92 Å². The molecular formula is C9H13N3O4. The fourth-order valence-electron chi connectivity index (χ4n) is 1.00. The van der Waals surface area contributed by atoms with Crippen LogP contribution in [-0.4, -0.2) is 35.2 Å². The number of nitrogens with one attached hydrogen (secondary N) is 2. The average Bonchev–Trinajstić information content (AvgIpc) is 2.58. The summed E-state index contributed by atoms with van der Waals surface area (Å²) in [5, 5.41) is 17.1. The van der Waals surface area contributed by atoms with Crippen molar-refractivity contribution in [3.8, 4) is 0 Å². The van der Waals surface area contributed by atoms with E-state index in [2.05, 4.69) is 15.8 Å². The zero-order valence-corrected chi connectivity index (χ0v) is 8.82. The van der Waals surface area contributed by atoms with Crippen molar-refractivity contribution < 1.29 is 19.2 Å². The lowest BCUT2D eigenvalue weighted by atomic mass is 10.4. The molecule has 7 nitrogen and oxygen atoms in total. The average molecular weight is 227 g/mol. The first-order valence-corrected chi connectivity index (χ1v) is 4.73. The first-order chi connectivity index (χ1) is 7.58. The lowest BCUT2D eigenvalue weighted by molar-refractivity contribution is -0.137. The Morgan fingerprint density at radius 1 is 1.56 bits per heavy atom. The summed E-state index contributed by atoms with van der Waals surface area (Å²) in [6.07, 6.45) is -0.0192. The van der Waals surface area contributed by atoms with E-state index in [1.165, 1.54) is 0 Å². The summed E-state index contributed by atoms with van der Waals surface area (Å²) in [5.41, 5.74) is 0.675. The van der Waals surface area contributed by atoms with Gasteiger partial charge in [0.15, 0.2) is 0 Å². The van der Waals surface area contributed by atoms with Gasteiger partial charge in [-0.25, -0.2) is 0 Å². The summed E-state index contributed by atoms with van der Waals surface area (Å²) in [7, 11) is 0. The van der Waals surface area contributed by atoms with Crippen molar-refractivity contribution in [2.45, 2.75) is 13.3 Å². The van der Waals surface area contributed by atoms with Crippen molar-refractivity contribution in [1.29, 1.82) is 0 Å². The molecule has 0 saturated heterocycles. The molecule has 0 radical (unpaired) electrons. The van der Waals surface area contributed by atoms with Gasteiger partial charge in [-0.2, -0.15) is 0 Å². The van der Waals surface area contributed by atoms with E-state index in [0.29, 0.717) is 5.69 Å². The maximum atomic E-state index is 11.3. The van der Waals surface area contributed by atoms with Gasteiger partial charge in [-0.15, -0.1) is 0 Å². The van der Waals surface area contributed by atoms with Crippen LogP contribution in [0.15, 0.2) is 10.6 Å². The van der Waals surface area contributed by atoms with Crippen LogP contribution in [0, 0.1) is 6.92 Å². The van der Waals surface area contributed by atoms with Gasteiger partial charge in [0.2, 0.25) is 11.8 Å². The zero-order valence-electron chi connectivity index (χ0n) is 8.82. The van der Waals surface area contributed by atoms with Gasteiger partial charge < -0.3 is 14.9 Å². The Labute approximate surface area is 91.8 Å². The lowest BCUT2D eigenvalue weighted by Crippen LogP contribution is -2.29. The fourth-order valence-corrected chi connectivity index (χ4v) is 1.00. The SMILES string of the molecule is Cc1cc(NC(=O)CNCCC(=O)O)on1. The van der Waals surface area contributed by atoms with Crippen molar-refractivity contribution in [2.75, 3.05) is 18.4 Å². The Hall–Kier alpha value is -1.89. The van der Waals surface area contributed by atoms with Gasteiger partial charge >= 0.3 is 5.97 Å². The number of hydrogen-bond acceptors (Lipinski definition) is 5. The largest absolute Gasteiger partial charge is 0.481 e. The highest BCUT2D eigenvalue weighted by Crippen LogP contribution is 2.07. The van der Waals surface area contributed by atoms with Crippen LogP contribution < -0.4 is 10.6 Å². The Bertz CT molecular complexity index is 375. The second-order valence-electron chi connectivity index (χ2n) is 3.20. The minimum Gasteiger partial charge on any atom is -0.481 e. The minimum atomic E-state index is -0.904. The van der Waals surface area contributed by atoms with Crippen LogP contribution >= 0.6 is 0 Å². The molecule has 0 aliphatic carbocycles. The van der Waals surface area contributed by atoms with Crippen LogP contribution in [0.4, 0.5) is 5.88 Å². The first kappa shape index (κ1) is 12.2. The summed E-state index contributed by atoms with van der Waals surface area (Å²) in [6.45, 7) is 2.02. The summed E-state index contributed by atoms with van der Waals surface area (Å²) in [5.74, 6) is -0.928. The Morgan fingerprint density at radius 2 is 2.31 bits per heavy atom. The van der Waals surface area contributed by atoms with Crippen molar-refractivity contribution >= 4 is 17.8 Å². The molecule has 0 aromatic carbocycles. The normalized spacial score (nSPS) is 10.1. The Kier molecular flexibility index (Phi) is 4.46. The van der Waals surface area contributed by atoms with Crippen LogP contribution in [0.1, 0.15) is 12.1 Å². The number of carboxylic acids is 1. The van der Waals surface area contributed by atoms with E-state index in [0.717, 1.165) is 0 Å². The van der Waals surface area contributed by atoms with E-state index in [9.17, 15) is 9.59 Å². The number of hydrogen-bond donors (Lipinski definition) is 3. The van der Waals surface area contributed by atoms with E-state index in [-0.39, 0.29) is 31.3 Å². The summed E-state index contributed by atoms with van der Waals surface area (Å²) in [6, 6.07) is 1.59. The predicted octanol–water partition coefficient (Wildman–Crippen LogP) is -0.0142. The van der Waals surface area contributed by atoms with E-state index >= 15 is 0 Å². The third kappa shape index (κ3) is 4.56. The van der Waals surface area contributed by atoms with Crippen molar-refractivity contribution in [3.05, 3.63) is 11.8 Å². The van der Waals surface area contributed by atoms with Gasteiger partial charge in [0.25, 0.3) is 0 Å². The number of aromatic nitrogens is 1. The smallest absolute Gasteiger partial charge is 0.304 e. The molecule has 0 saturated carbocycles. The van der Waals surface area contributed by atoms with Crippen molar-refractivity contribution in [3.63, 3.8) is 0 Å². The van der Waals surface area contributed by atoms with Crippen LogP contribution in [0.25, 0.3) is 0 Å². The predicted molar refractivity (Wildman–Crippen MR) is 55.0 cm³/mol. The highest BCUT2D eigenvalue weighted by Gasteiger charge is 2.06. The number of carboxylic acid groups (broad SMARTS) is 1. The molecule has 7 heteroatoms.